The standard InChI is InChI=1S/C8H6BrIO2/c9-7-3-1-2-6(4-7)5-8(11)12-10/h1-4H,5H2. The first kappa shape index (κ1) is 9.98. The van der Waals surface area contributed by atoms with Gasteiger partial charge in [-0.05, 0) is 17.7 Å². The smallest absolute Gasteiger partial charge is 0.319 e. The maximum absolute atomic E-state index is 10.8. The highest BCUT2D eigenvalue weighted by Gasteiger charge is 2.02. The van der Waals surface area contributed by atoms with Crippen LogP contribution < -0.4 is 0 Å². The molecule has 0 aliphatic rings. The zero-order valence-electron chi connectivity index (χ0n) is 6.09. The summed E-state index contributed by atoms with van der Waals surface area (Å²) in [7, 11) is 0. The van der Waals surface area contributed by atoms with E-state index < -0.39 is 0 Å². The maximum Gasteiger partial charge on any atom is 0.319 e. The third-order valence-electron chi connectivity index (χ3n) is 1.32. The SMILES string of the molecule is O=C(Cc1cccc(Br)c1)OI. The van der Waals surface area contributed by atoms with Gasteiger partial charge in [-0.2, -0.15) is 0 Å². The van der Waals surface area contributed by atoms with Gasteiger partial charge in [0.2, 0.25) is 0 Å². The lowest BCUT2D eigenvalue weighted by Gasteiger charge is -1.98. The molecule has 0 saturated carbocycles. The van der Waals surface area contributed by atoms with Crippen molar-refractivity contribution in [3.8, 4) is 0 Å². The Hall–Kier alpha value is -0.100. The molecule has 0 spiro atoms. The van der Waals surface area contributed by atoms with Crippen LogP contribution in [0.15, 0.2) is 28.7 Å². The van der Waals surface area contributed by atoms with Crippen LogP contribution in [0.3, 0.4) is 0 Å². The number of hydrogen-bond acceptors (Lipinski definition) is 2. The minimum Gasteiger partial charge on any atom is -0.394 e. The number of carbonyl (C=O) groups excluding carboxylic acids is 1. The lowest BCUT2D eigenvalue weighted by Crippen LogP contribution is -2.00. The van der Waals surface area contributed by atoms with E-state index >= 15 is 0 Å². The van der Waals surface area contributed by atoms with Crippen LogP contribution >= 0.6 is 38.9 Å². The van der Waals surface area contributed by atoms with E-state index in [9.17, 15) is 4.79 Å². The van der Waals surface area contributed by atoms with Gasteiger partial charge in [-0.1, -0.05) is 28.1 Å². The molecule has 0 radical (unpaired) electrons. The van der Waals surface area contributed by atoms with E-state index in [1.807, 2.05) is 24.3 Å². The van der Waals surface area contributed by atoms with E-state index in [2.05, 4.69) is 19.0 Å². The molecule has 1 aromatic carbocycles. The van der Waals surface area contributed by atoms with Gasteiger partial charge in [-0.3, -0.25) is 4.79 Å². The van der Waals surface area contributed by atoms with Crippen LogP contribution in [0.5, 0.6) is 0 Å². The molecule has 1 aromatic rings. The molecule has 0 unspecified atom stereocenters. The summed E-state index contributed by atoms with van der Waals surface area (Å²) in [4.78, 5) is 10.8. The van der Waals surface area contributed by atoms with Crippen molar-refractivity contribution in [1.82, 2.24) is 0 Å². The number of halogens is 2. The summed E-state index contributed by atoms with van der Waals surface area (Å²) in [5.74, 6) is -0.228. The molecule has 0 saturated heterocycles. The molecule has 0 bridgehead atoms. The van der Waals surface area contributed by atoms with Crippen LogP contribution in [-0.2, 0) is 14.3 Å². The minimum absolute atomic E-state index is 0.228. The van der Waals surface area contributed by atoms with Gasteiger partial charge in [0, 0.05) is 4.47 Å². The largest absolute Gasteiger partial charge is 0.394 e. The van der Waals surface area contributed by atoms with Gasteiger partial charge in [0.15, 0.2) is 23.0 Å². The van der Waals surface area contributed by atoms with Crippen molar-refractivity contribution in [3.63, 3.8) is 0 Å². The van der Waals surface area contributed by atoms with E-state index in [0.29, 0.717) is 6.42 Å². The zero-order chi connectivity index (χ0) is 8.97. The van der Waals surface area contributed by atoms with E-state index in [0.717, 1.165) is 10.0 Å². The van der Waals surface area contributed by atoms with Crippen molar-refractivity contribution in [3.05, 3.63) is 34.3 Å². The van der Waals surface area contributed by atoms with Crippen LogP contribution in [0.1, 0.15) is 5.56 Å². The van der Waals surface area contributed by atoms with Crippen molar-refractivity contribution in [2.75, 3.05) is 0 Å². The molecule has 0 N–H and O–H groups in total. The van der Waals surface area contributed by atoms with Gasteiger partial charge in [-0.15, -0.1) is 0 Å². The number of rotatable bonds is 2. The second-order valence-electron chi connectivity index (χ2n) is 2.26. The normalized spacial score (nSPS) is 9.50. The van der Waals surface area contributed by atoms with Gasteiger partial charge >= 0.3 is 5.97 Å². The monoisotopic (exact) mass is 340 g/mol. The summed E-state index contributed by atoms with van der Waals surface area (Å²) < 4.78 is 5.48. The van der Waals surface area contributed by atoms with Gasteiger partial charge < -0.3 is 3.07 Å². The fourth-order valence-corrected chi connectivity index (χ4v) is 1.44. The maximum atomic E-state index is 10.8. The fraction of sp³-hybridized carbons (Fsp3) is 0.125. The highest BCUT2D eigenvalue weighted by molar-refractivity contribution is 14.1. The molecular weight excluding hydrogens is 335 g/mol. The summed E-state index contributed by atoms with van der Waals surface area (Å²) >= 11 is 4.91. The van der Waals surface area contributed by atoms with Crippen molar-refractivity contribution in [1.29, 1.82) is 0 Å². The summed E-state index contributed by atoms with van der Waals surface area (Å²) in [5, 5.41) is 0. The molecule has 0 aliphatic heterocycles. The summed E-state index contributed by atoms with van der Waals surface area (Å²) in [6.45, 7) is 0. The molecule has 0 aliphatic carbocycles. The Morgan fingerprint density at radius 1 is 1.58 bits per heavy atom. The molecular formula is C8H6BrIO2. The molecule has 0 amide bonds. The molecule has 2 nitrogen and oxygen atoms in total. The van der Waals surface area contributed by atoms with Gasteiger partial charge in [0.05, 0.1) is 6.42 Å². The first-order valence-electron chi connectivity index (χ1n) is 3.28. The Kier molecular flexibility index (Phi) is 4.00. The average molecular weight is 341 g/mol. The minimum atomic E-state index is -0.228. The van der Waals surface area contributed by atoms with Gasteiger partial charge in [0.1, 0.15) is 0 Å². The molecule has 0 aromatic heterocycles. The predicted molar refractivity (Wildman–Crippen MR) is 58.0 cm³/mol. The molecule has 0 atom stereocenters. The number of hydrogen-bond donors (Lipinski definition) is 0. The molecule has 64 valence electrons. The lowest BCUT2D eigenvalue weighted by atomic mass is 10.2. The molecule has 12 heavy (non-hydrogen) atoms. The second kappa shape index (κ2) is 4.81. The third kappa shape index (κ3) is 3.10. The topological polar surface area (TPSA) is 26.3 Å². The molecule has 1 rings (SSSR count). The van der Waals surface area contributed by atoms with Crippen LogP contribution in [-0.4, -0.2) is 5.97 Å². The first-order valence-corrected chi connectivity index (χ1v) is 4.95. The Bertz CT molecular complexity index is 288. The highest BCUT2D eigenvalue weighted by atomic mass is 127. The number of benzene rings is 1. The predicted octanol–water partition coefficient (Wildman–Crippen LogP) is 2.88. The van der Waals surface area contributed by atoms with Crippen LogP contribution in [0.25, 0.3) is 0 Å². The van der Waals surface area contributed by atoms with Crippen molar-refractivity contribution < 1.29 is 7.86 Å². The lowest BCUT2D eigenvalue weighted by molar-refractivity contribution is -0.130. The van der Waals surface area contributed by atoms with Crippen LogP contribution in [0.2, 0.25) is 0 Å². The highest BCUT2D eigenvalue weighted by Crippen LogP contribution is 2.12. The number of carbonyl (C=O) groups is 1. The van der Waals surface area contributed by atoms with Crippen LogP contribution in [0.4, 0.5) is 0 Å². The van der Waals surface area contributed by atoms with E-state index in [4.69, 9.17) is 0 Å². The summed E-state index contributed by atoms with van der Waals surface area (Å²) in [6.07, 6.45) is 0.322. The van der Waals surface area contributed by atoms with Crippen LogP contribution in [0, 0.1) is 0 Å². The van der Waals surface area contributed by atoms with Crippen molar-refractivity contribution in [2.45, 2.75) is 6.42 Å². The zero-order valence-corrected chi connectivity index (χ0v) is 9.83. The van der Waals surface area contributed by atoms with Gasteiger partial charge in [-0.25, -0.2) is 0 Å². The fourth-order valence-electron chi connectivity index (χ4n) is 0.841. The summed E-state index contributed by atoms with van der Waals surface area (Å²) in [5.41, 5.74) is 0.950. The van der Waals surface area contributed by atoms with E-state index in [-0.39, 0.29) is 5.97 Å². The summed E-state index contributed by atoms with van der Waals surface area (Å²) in [6, 6.07) is 7.59. The first-order chi connectivity index (χ1) is 5.72. The van der Waals surface area contributed by atoms with E-state index in [1.165, 1.54) is 0 Å². The second-order valence-corrected chi connectivity index (χ2v) is 3.61. The van der Waals surface area contributed by atoms with Crippen molar-refractivity contribution in [2.24, 2.45) is 0 Å². The Morgan fingerprint density at radius 3 is 2.92 bits per heavy atom. The van der Waals surface area contributed by atoms with Gasteiger partial charge in [0.25, 0.3) is 0 Å². The Balaban J connectivity index is 2.69. The van der Waals surface area contributed by atoms with E-state index in [1.54, 1.807) is 23.0 Å². The Labute approximate surface area is 93.1 Å². The average Bonchev–Trinajstić information content (AvgIpc) is 2.04. The third-order valence-corrected chi connectivity index (χ3v) is 2.31. The van der Waals surface area contributed by atoms with Crippen molar-refractivity contribution >= 4 is 44.9 Å². The molecule has 4 heteroatoms. The Morgan fingerprint density at radius 2 is 2.33 bits per heavy atom. The molecule has 0 fully saturated rings. The quantitative estimate of drug-likeness (QED) is 0.774. The molecule has 0 heterocycles.